The van der Waals surface area contributed by atoms with Crippen molar-refractivity contribution in [1.82, 2.24) is 10.2 Å². The highest BCUT2D eigenvalue weighted by atomic mass is 35.5. The van der Waals surface area contributed by atoms with E-state index in [-0.39, 0.29) is 12.4 Å². The van der Waals surface area contributed by atoms with Crippen LogP contribution in [0.5, 0.6) is 0 Å². The Labute approximate surface area is 108 Å². The molecule has 0 spiro atoms. The molecule has 16 heavy (non-hydrogen) atoms. The zero-order valence-corrected chi connectivity index (χ0v) is 12.2. The molecule has 3 heteroatoms. The van der Waals surface area contributed by atoms with E-state index in [1.54, 1.807) is 0 Å². The van der Waals surface area contributed by atoms with Crippen LogP contribution >= 0.6 is 12.4 Å². The molecule has 2 atom stereocenters. The lowest BCUT2D eigenvalue weighted by Crippen LogP contribution is -2.59. The first-order chi connectivity index (χ1) is 7.16. The maximum absolute atomic E-state index is 3.64. The van der Waals surface area contributed by atoms with Gasteiger partial charge in [-0.15, -0.1) is 12.4 Å². The summed E-state index contributed by atoms with van der Waals surface area (Å²) >= 11 is 0. The molecule has 0 saturated heterocycles. The van der Waals surface area contributed by atoms with E-state index in [0.29, 0.717) is 5.54 Å². The Hall–Kier alpha value is 0.210. The Kier molecular flexibility index (Phi) is 7.62. The fourth-order valence-corrected chi connectivity index (χ4v) is 3.17. The number of rotatable bonds is 5. The zero-order valence-electron chi connectivity index (χ0n) is 11.4. The Morgan fingerprint density at radius 3 is 2.50 bits per heavy atom. The van der Waals surface area contributed by atoms with Crippen LogP contribution in [0.2, 0.25) is 0 Å². The van der Waals surface area contributed by atoms with E-state index in [1.807, 2.05) is 0 Å². The molecule has 0 aromatic heterocycles. The van der Waals surface area contributed by atoms with Crippen molar-refractivity contribution in [2.24, 2.45) is 0 Å². The van der Waals surface area contributed by atoms with Crippen LogP contribution in [0.25, 0.3) is 0 Å². The molecule has 98 valence electrons. The second-order valence-electron chi connectivity index (χ2n) is 5.23. The second kappa shape index (κ2) is 7.52. The summed E-state index contributed by atoms with van der Waals surface area (Å²) in [5.74, 6) is 0. The standard InChI is InChI=1S/C13H28N2.ClH/c1-5-6-10-13(14-2)11-8-7-9-12(13)15(3)4;/h12,14H,5-11H2,1-4H3;1H. The largest absolute Gasteiger partial charge is 0.313 e. The van der Waals surface area contributed by atoms with E-state index in [4.69, 9.17) is 0 Å². The number of likely N-dealkylation sites (N-methyl/N-ethyl adjacent to an activating group) is 2. The number of nitrogens with zero attached hydrogens (tertiary/aromatic N) is 1. The predicted octanol–water partition coefficient (Wildman–Crippen LogP) is 3.06. The van der Waals surface area contributed by atoms with Crippen LogP contribution in [0.3, 0.4) is 0 Å². The van der Waals surface area contributed by atoms with Crippen LogP contribution in [0.15, 0.2) is 0 Å². The van der Waals surface area contributed by atoms with Gasteiger partial charge < -0.3 is 10.2 Å². The van der Waals surface area contributed by atoms with Crippen molar-refractivity contribution in [3.05, 3.63) is 0 Å². The van der Waals surface area contributed by atoms with Gasteiger partial charge in [0.05, 0.1) is 0 Å². The molecule has 1 rings (SSSR count). The summed E-state index contributed by atoms with van der Waals surface area (Å²) in [5, 5.41) is 3.64. The van der Waals surface area contributed by atoms with E-state index in [1.165, 1.54) is 44.9 Å². The second-order valence-corrected chi connectivity index (χ2v) is 5.23. The minimum atomic E-state index is 0. The van der Waals surface area contributed by atoms with Crippen molar-refractivity contribution in [1.29, 1.82) is 0 Å². The van der Waals surface area contributed by atoms with Crippen molar-refractivity contribution < 1.29 is 0 Å². The number of nitrogens with one attached hydrogen (secondary N) is 1. The van der Waals surface area contributed by atoms with E-state index in [9.17, 15) is 0 Å². The molecule has 2 nitrogen and oxygen atoms in total. The number of unbranched alkanes of at least 4 members (excludes halogenated alkanes) is 1. The topological polar surface area (TPSA) is 15.3 Å². The Bertz CT molecular complexity index is 185. The first-order valence-electron chi connectivity index (χ1n) is 6.51. The van der Waals surface area contributed by atoms with Gasteiger partial charge >= 0.3 is 0 Å². The lowest BCUT2D eigenvalue weighted by molar-refractivity contribution is 0.0893. The first-order valence-corrected chi connectivity index (χ1v) is 6.51. The molecule has 0 heterocycles. The lowest BCUT2D eigenvalue weighted by atomic mass is 9.74. The van der Waals surface area contributed by atoms with Crippen LogP contribution in [-0.2, 0) is 0 Å². The Morgan fingerprint density at radius 1 is 1.31 bits per heavy atom. The quantitative estimate of drug-likeness (QED) is 0.805. The highest BCUT2D eigenvalue weighted by Gasteiger charge is 2.39. The van der Waals surface area contributed by atoms with Gasteiger partial charge in [0.1, 0.15) is 0 Å². The molecule has 0 aliphatic heterocycles. The summed E-state index contributed by atoms with van der Waals surface area (Å²) in [5.41, 5.74) is 0.387. The van der Waals surface area contributed by atoms with Crippen LogP contribution in [0.1, 0.15) is 51.9 Å². The third-order valence-electron chi connectivity index (χ3n) is 4.09. The summed E-state index contributed by atoms with van der Waals surface area (Å²) < 4.78 is 0. The first kappa shape index (κ1) is 16.2. The van der Waals surface area contributed by atoms with Crippen LogP contribution in [0, 0.1) is 0 Å². The third kappa shape index (κ3) is 3.61. The maximum atomic E-state index is 3.64. The minimum absolute atomic E-state index is 0. The fourth-order valence-electron chi connectivity index (χ4n) is 3.17. The third-order valence-corrected chi connectivity index (χ3v) is 4.09. The van der Waals surface area contributed by atoms with Crippen LogP contribution in [-0.4, -0.2) is 37.6 Å². The summed E-state index contributed by atoms with van der Waals surface area (Å²) in [4.78, 5) is 2.42. The van der Waals surface area contributed by atoms with Crippen molar-refractivity contribution in [2.45, 2.75) is 63.5 Å². The van der Waals surface area contributed by atoms with E-state index >= 15 is 0 Å². The molecule has 1 aliphatic carbocycles. The Morgan fingerprint density at radius 2 is 2.00 bits per heavy atom. The fraction of sp³-hybridized carbons (Fsp3) is 1.00. The monoisotopic (exact) mass is 248 g/mol. The predicted molar refractivity (Wildman–Crippen MR) is 74.5 cm³/mol. The van der Waals surface area contributed by atoms with Gasteiger partial charge in [0.25, 0.3) is 0 Å². The van der Waals surface area contributed by atoms with E-state index in [0.717, 1.165) is 6.04 Å². The molecule has 1 aliphatic rings. The average molecular weight is 249 g/mol. The normalized spacial score (nSPS) is 30.2. The SMILES string of the molecule is CCCCC1(NC)CCCCC1N(C)C.Cl. The van der Waals surface area contributed by atoms with Gasteiger partial charge in [-0.2, -0.15) is 0 Å². The van der Waals surface area contributed by atoms with Gasteiger partial charge in [-0.3, -0.25) is 0 Å². The molecule has 1 N–H and O–H groups in total. The van der Waals surface area contributed by atoms with Crippen LogP contribution in [0.4, 0.5) is 0 Å². The van der Waals surface area contributed by atoms with Gasteiger partial charge in [-0.1, -0.05) is 32.6 Å². The molecule has 0 bridgehead atoms. The maximum Gasteiger partial charge on any atom is 0.0334 e. The van der Waals surface area contributed by atoms with Crippen LogP contribution < -0.4 is 5.32 Å². The average Bonchev–Trinajstić information content (AvgIpc) is 2.26. The summed E-state index contributed by atoms with van der Waals surface area (Å²) in [6.45, 7) is 2.29. The van der Waals surface area contributed by atoms with Crippen molar-refractivity contribution in [3.8, 4) is 0 Å². The summed E-state index contributed by atoms with van der Waals surface area (Å²) in [6.07, 6.45) is 9.51. The zero-order chi connectivity index (χ0) is 11.3. The van der Waals surface area contributed by atoms with E-state index < -0.39 is 0 Å². The number of hydrogen-bond donors (Lipinski definition) is 1. The highest BCUT2D eigenvalue weighted by molar-refractivity contribution is 5.85. The molecular weight excluding hydrogens is 220 g/mol. The molecule has 2 unspecified atom stereocenters. The molecule has 1 saturated carbocycles. The highest BCUT2D eigenvalue weighted by Crippen LogP contribution is 2.34. The minimum Gasteiger partial charge on any atom is -0.313 e. The molecule has 0 aromatic rings. The van der Waals surface area contributed by atoms with Gasteiger partial charge in [-0.05, 0) is 40.4 Å². The molecule has 1 fully saturated rings. The summed E-state index contributed by atoms with van der Waals surface area (Å²) in [7, 11) is 6.61. The molecule has 0 aromatic carbocycles. The molecule has 0 amide bonds. The van der Waals surface area contributed by atoms with Crippen molar-refractivity contribution >= 4 is 12.4 Å². The Balaban J connectivity index is 0.00000225. The van der Waals surface area contributed by atoms with E-state index in [2.05, 4.69) is 38.3 Å². The number of hydrogen-bond acceptors (Lipinski definition) is 2. The van der Waals surface area contributed by atoms with Gasteiger partial charge in [0, 0.05) is 11.6 Å². The molecule has 0 radical (unpaired) electrons. The summed E-state index contributed by atoms with van der Waals surface area (Å²) in [6, 6.07) is 0.725. The van der Waals surface area contributed by atoms with Gasteiger partial charge in [0.15, 0.2) is 0 Å². The van der Waals surface area contributed by atoms with Crippen molar-refractivity contribution in [3.63, 3.8) is 0 Å². The molecular formula is C13H29ClN2. The van der Waals surface area contributed by atoms with Crippen molar-refractivity contribution in [2.75, 3.05) is 21.1 Å². The smallest absolute Gasteiger partial charge is 0.0334 e. The van der Waals surface area contributed by atoms with Gasteiger partial charge in [0.2, 0.25) is 0 Å². The van der Waals surface area contributed by atoms with Gasteiger partial charge in [-0.25, -0.2) is 0 Å². The number of halogens is 1. The lowest BCUT2D eigenvalue weighted by Gasteiger charge is -2.47.